The molecule has 1 aromatic carbocycles. The molecule has 0 saturated heterocycles. The molecule has 0 spiro atoms. The Morgan fingerprint density at radius 3 is 2.62 bits per heavy atom. The molecule has 1 N–H and O–H groups in total. The van der Waals surface area contributed by atoms with Gasteiger partial charge in [-0.2, -0.15) is 0 Å². The highest BCUT2D eigenvalue weighted by atomic mass is 35.5. The normalized spacial score (nSPS) is 10.2. The second-order valence-corrected chi connectivity index (χ2v) is 4.96. The van der Waals surface area contributed by atoms with E-state index in [-0.39, 0.29) is 21.9 Å². The van der Waals surface area contributed by atoms with E-state index in [1.807, 2.05) is 24.3 Å². The molecule has 7 heteroatoms. The van der Waals surface area contributed by atoms with Crippen LogP contribution in [0.1, 0.15) is 12.0 Å². The topological polar surface area (TPSA) is 64.1 Å². The van der Waals surface area contributed by atoms with Crippen LogP contribution in [0.25, 0.3) is 0 Å². The molecule has 0 aliphatic carbocycles. The van der Waals surface area contributed by atoms with Crippen LogP contribution in [-0.4, -0.2) is 23.0 Å². The van der Waals surface area contributed by atoms with Gasteiger partial charge in [-0.3, -0.25) is 4.79 Å². The summed E-state index contributed by atoms with van der Waals surface area (Å²) in [6.45, 7) is 0. The minimum Gasteiger partial charge on any atom is -0.497 e. The predicted molar refractivity (Wildman–Crippen MR) is 82.0 cm³/mol. The summed E-state index contributed by atoms with van der Waals surface area (Å²) < 4.78 is 5.08. The number of nitrogens with zero attached hydrogens (tertiary/aromatic N) is 2. The van der Waals surface area contributed by atoms with Gasteiger partial charge in [0.25, 0.3) is 0 Å². The van der Waals surface area contributed by atoms with Crippen molar-refractivity contribution in [2.45, 2.75) is 12.8 Å². The van der Waals surface area contributed by atoms with Crippen LogP contribution in [0, 0.1) is 0 Å². The third-order valence-corrected chi connectivity index (χ3v) is 3.55. The SMILES string of the molecule is COc1ccc(CCC(=O)Nc2ncnc(Cl)c2Cl)cc1. The van der Waals surface area contributed by atoms with Crippen molar-refractivity contribution in [3.05, 3.63) is 46.3 Å². The van der Waals surface area contributed by atoms with Crippen LogP contribution in [0.15, 0.2) is 30.6 Å². The van der Waals surface area contributed by atoms with Gasteiger partial charge in [0.15, 0.2) is 11.0 Å². The van der Waals surface area contributed by atoms with Gasteiger partial charge >= 0.3 is 0 Å². The molecule has 2 aromatic rings. The first-order chi connectivity index (χ1) is 10.1. The number of benzene rings is 1. The predicted octanol–water partition coefficient (Wildman–Crippen LogP) is 3.36. The molecule has 2 rings (SSSR count). The first-order valence-corrected chi connectivity index (χ1v) is 6.94. The Kier molecular flexibility index (Phi) is 5.36. The molecule has 0 aliphatic heterocycles. The second-order valence-electron chi connectivity index (χ2n) is 4.22. The molecular formula is C14H13Cl2N3O2. The van der Waals surface area contributed by atoms with E-state index in [1.54, 1.807) is 7.11 Å². The van der Waals surface area contributed by atoms with Crippen molar-refractivity contribution >= 4 is 34.9 Å². The van der Waals surface area contributed by atoms with Crippen LogP contribution in [0.4, 0.5) is 5.82 Å². The smallest absolute Gasteiger partial charge is 0.225 e. The number of hydrogen-bond donors (Lipinski definition) is 1. The summed E-state index contributed by atoms with van der Waals surface area (Å²) in [5.41, 5.74) is 1.04. The summed E-state index contributed by atoms with van der Waals surface area (Å²) in [6.07, 6.45) is 2.16. The number of anilines is 1. The van der Waals surface area contributed by atoms with Gasteiger partial charge in [-0.05, 0) is 24.1 Å². The molecule has 0 unspecified atom stereocenters. The number of nitrogens with one attached hydrogen (secondary N) is 1. The lowest BCUT2D eigenvalue weighted by Crippen LogP contribution is -2.14. The number of carbonyl (C=O) groups excluding carboxylic acids is 1. The molecule has 0 bridgehead atoms. The maximum atomic E-state index is 11.9. The third kappa shape index (κ3) is 4.31. The fraction of sp³-hybridized carbons (Fsp3) is 0.214. The summed E-state index contributed by atoms with van der Waals surface area (Å²) in [7, 11) is 1.61. The third-order valence-electron chi connectivity index (χ3n) is 2.80. The molecule has 0 fully saturated rings. The largest absolute Gasteiger partial charge is 0.497 e. The quantitative estimate of drug-likeness (QED) is 0.856. The molecule has 5 nitrogen and oxygen atoms in total. The number of amides is 1. The van der Waals surface area contributed by atoms with E-state index in [0.29, 0.717) is 12.8 Å². The van der Waals surface area contributed by atoms with E-state index in [9.17, 15) is 4.79 Å². The zero-order valence-electron chi connectivity index (χ0n) is 11.3. The van der Waals surface area contributed by atoms with E-state index in [0.717, 1.165) is 11.3 Å². The fourth-order valence-electron chi connectivity index (χ4n) is 1.68. The zero-order chi connectivity index (χ0) is 15.2. The summed E-state index contributed by atoms with van der Waals surface area (Å²) in [5.74, 6) is 0.810. The monoisotopic (exact) mass is 325 g/mol. The first-order valence-electron chi connectivity index (χ1n) is 6.19. The van der Waals surface area contributed by atoms with Crippen molar-refractivity contribution in [1.82, 2.24) is 9.97 Å². The Morgan fingerprint density at radius 1 is 1.24 bits per heavy atom. The van der Waals surface area contributed by atoms with Crippen molar-refractivity contribution in [2.75, 3.05) is 12.4 Å². The average Bonchev–Trinajstić information content (AvgIpc) is 2.50. The van der Waals surface area contributed by atoms with Crippen molar-refractivity contribution in [3.63, 3.8) is 0 Å². The van der Waals surface area contributed by atoms with E-state index in [2.05, 4.69) is 15.3 Å². The highest BCUT2D eigenvalue weighted by Gasteiger charge is 2.10. The van der Waals surface area contributed by atoms with Crippen molar-refractivity contribution in [2.24, 2.45) is 0 Å². The first kappa shape index (κ1) is 15.5. The Hall–Kier alpha value is -1.85. The molecule has 21 heavy (non-hydrogen) atoms. The van der Waals surface area contributed by atoms with Gasteiger partial charge in [-0.25, -0.2) is 9.97 Å². The number of carbonyl (C=O) groups is 1. The maximum Gasteiger partial charge on any atom is 0.225 e. The second kappa shape index (κ2) is 7.24. The summed E-state index contributed by atoms with van der Waals surface area (Å²) in [4.78, 5) is 19.5. The van der Waals surface area contributed by atoms with Crippen LogP contribution in [0.2, 0.25) is 10.2 Å². The van der Waals surface area contributed by atoms with Gasteiger partial charge in [-0.15, -0.1) is 0 Å². The molecule has 0 saturated carbocycles. The van der Waals surface area contributed by atoms with Crippen molar-refractivity contribution in [3.8, 4) is 5.75 Å². The lowest BCUT2D eigenvalue weighted by atomic mass is 10.1. The summed E-state index contributed by atoms with van der Waals surface area (Å²) in [6, 6.07) is 7.55. The minimum atomic E-state index is -0.192. The number of methoxy groups -OCH3 is 1. The van der Waals surface area contributed by atoms with E-state index in [1.165, 1.54) is 6.33 Å². The van der Waals surface area contributed by atoms with Gasteiger partial charge in [0.05, 0.1) is 7.11 Å². The lowest BCUT2D eigenvalue weighted by molar-refractivity contribution is -0.116. The lowest BCUT2D eigenvalue weighted by Gasteiger charge is -2.07. The van der Waals surface area contributed by atoms with Gasteiger partial charge in [-0.1, -0.05) is 35.3 Å². The Bertz CT molecular complexity index is 633. The Morgan fingerprint density at radius 2 is 1.95 bits per heavy atom. The number of aryl methyl sites for hydroxylation is 1. The van der Waals surface area contributed by atoms with Gasteiger partial charge < -0.3 is 10.1 Å². The highest BCUT2D eigenvalue weighted by Crippen LogP contribution is 2.25. The molecule has 0 atom stereocenters. The van der Waals surface area contributed by atoms with Gasteiger partial charge in [0.1, 0.15) is 17.1 Å². The zero-order valence-corrected chi connectivity index (χ0v) is 12.8. The summed E-state index contributed by atoms with van der Waals surface area (Å²) in [5, 5.41) is 2.86. The number of aromatic nitrogens is 2. The number of ether oxygens (including phenoxy) is 1. The van der Waals surface area contributed by atoms with E-state index in [4.69, 9.17) is 27.9 Å². The number of rotatable bonds is 5. The number of hydrogen-bond acceptors (Lipinski definition) is 4. The van der Waals surface area contributed by atoms with E-state index < -0.39 is 0 Å². The van der Waals surface area contributed by atoms with Crippen LogP contribution in [0.5, 0.6) is 5.75 Å². The Balaban J connectivity index is 1.91. The van der Waals surface area contributed by atoms with Crippen molar-refractivity contribution < 1.29 is 9.53 Å². The molecule has 0 radical (unpaired) electrons. The standard InChI is InChI=1S/C14H13Cl2N3O2/c1-21-10-5-2-9(3-6-10)4-7-11(20)19-14-12(15)13(16)17-8-18-14/h2-3,5-6,8H,4,7H2,1H3,(H,17,18,19,20). The van der Waals surface area contributed by atoms with Crippen molar-refractivity contribution in [1.29, 1.82) is 0 Å². The Labute approximate surface area is 132 Å². The average molecular weight is 326 g/mol. The minimum absolute atomic E-state index is 0.108. The molecule has 1 amide bonds. The maximum absolute atomic E-state index is 11.9. The van der Waals surface area contributed by atoms with Crippen LogP contribution >= 0.6 is 23.2 Å². The fourth-order valence-corrected chi connectivity index (χ4v) is 1.96. The molecular weight excluding hydrogens is 313 g/mol. The van der Waals surface area contributed by atoms with Crippen LogP contribution in [-0.2, 0) is 11.2 Å². The van der Waals surface area contributed by atoms with Crippen LogP contribution < -0.4 is 10.1 Å². The van der Waals surface area contributed by atoms with Gasteiger partial charge in [0.2, 0.25) is 5.91 Å². The molecule has 0 aliphatic rings. The van der Waals surface area contributed by atoms with Gasteiger partial charge in [0, 0.05) is 6.42 Å². The highest BCUT2D eigenvalue weighted by molar-refractivity contribution is 6.42. The summed E-state index contributed by atoms with van der Waals surface area (Å²) >= 11 is 11.7. The molecule has 1 heterocycles. The molecule has 110 valence electrons. The van der Waals surface area contributed by atoms with E-state index >= 15 is 0 Å². The molecule has 1 aromatic heterocycles. The number of halogens is 2. The van der Waals surface area contributed by atoms with Crippen LogP contribution in [0.3, 0.4) is 0 Å².